The number of anilines is 1. The minimum Gasteiger partial charge on any atom is -0.399 e. The van der Waals surface area contributed by atoms with Crippen LogP contribution in [0.4, 0.5) is 5.69 Å². The zero-order chi connectivity index (χ0) is 10.7. The lowest BCUT2D eigenvalue weighted by Crippen LogP contribution is -2.09. The Morgan fingerprint density at radius 2 is 2.00 bits per heavy atom. The Labute approximate surface area is 100 Å². The lowest BCUT2D eigenvalue weighted by atomic mass is 10.1. The number of nitrogens with zero attached hydrogens (tertiary/aromatic N) is 2. The maximum atomic E-state index is 9.82. The highest BCUT2D eigenvalue weighted by atomic mass is 35.5. The average molecular weight is 240 g/mol. The summed E-state index contributed by atoms with van der Waals surface area (Å²) in [7, 11) is 0. The fourth-order valence-corrected chi connectivity index (χ4v) is 1.42. The summed E-state index contributed by atoms with van der Waals surface area (Å²) in [5.41, 5.74) is 7.35. The number of hydrogen-bond donors (Lipinski definition) is 2. The highest BCUT2D eigenvalue weighted by Gasteiger charge is 2.06. The predicted molar refractivity (Wildman–Crippen MR) is 65.3 cm³/mol. The average Bonchev–Trinajstić information content (AvgIpc) is 2.74. The van der Waals surface area contributed by atoms with Crippen LogP contribution >= 0.6 is 12.4 Å². The zero-order valence-corrected chi connectivity index (χ0v) is 9.47. The summed E-state index contributed by atoms with van der Waals surface area (Å²) in [6, 6.07) is 7.48. The molecule has 0 aliphatic carbocycles. The quantitative estimate of drug-likeness (QED) is 0.800. The van der Waals surface area contributed by atoms with Gasteiger partial charge in [0.15, 0.2) is 0 Å². The van der Waals surface area contributed by atoms with Crippen molar-refractivity contribution in [3.05, 3.63) is 48.5 Å². The SMILES string of the molecule is Cl.Nc1ccc(CC(O)n2ccnc2)cc1. The van der Waals surface area contributed by atoms with Crippen LogP contribution < -0.4 is 5.73 Å². The molecule has 0 amide bonds. The number of nitrogen functional groups attached to an aromatic ring is 1. The molecule has 0 saturated heterocycles. The van der Waals surface area contributed by atoms with Crippen LogP contribution in [0.5, 0.6) is 0 Å². The summed E-state index contributed by atoms with van der Waals surface area (Å²) in [6.07, 6.45) is 4.96. The summed E-state index contributed by atoms with van der Waals surface area (Å²) in [5.74, 6) is 0. The Balaban J connectivity index is 0.00000128. The molecule has 0 aliphatic rings. The van der Waals surface area contributed by atoms with Gasteiger partial charge < -0.3 is 15.4 Å². The number of imidazole rings is 1. The van der Waals surface area contributed by atoms with Crippen molar-refractivity contribution in [2.75, 3.05) is 5.73 Å². The van der Waals surface area contributed by atoms with Crippen molar-refractivity contribution in [2.24, 2.45) is 0 Å². The van der Waals surface area contributed by atoms with Gasteiger partial charge in [0, 0.05) is 24.5 Å². The Kier molecular flexibility index (Phi) is 4.34. The van der Waals surface area contributed by atoms with Crippen LogP contribution in [0.1, 0.15) is 11.8 Å². The van der Waals surface area contributed by atoms with Crippen molar-refractivity contribution in [3.8, 4) is 0 Å². The maximum Gasteiger partial charge on any atom is 0.135 e. The molecular formula is C11H14ClN3O. The zero-order valence-electron chi connectivity index (χ0n) is 8.65. The van der Waals surface area contributed by atoms with Crippen LogP contribution in [0.2, 0.25) is 0 Å². The number of halogens is 1. The fraction of sp³-hybridized carbons (Fsp3) is 0.182. The molecule has 4 nitrogen and oxygen atoms in total. The molecule has 0 bridgehead atoms. The van der Waals surface area contributed by atoms with Crippen LogP contribution in [-0.4, -0.2) is 14.7 Å². The third-order valence-corrected chi connectivity index (χ3v) is 2.27. The summed E-state index contributed by atoms with van der Waals surface area (Å²) < 4.78 is 1.66. The largest absolute Gasteiger partial charge is 0.399 e. The van der Waals surface area contributed by atoms with E-state index in [0.29, 0.717) is 6.42 Å². The van der Waals surface area contributed by atoms with E-state index in [2.05, 4.69) is 4.98 Å². The highest BCUT2D eigenvalue weighted by Crippen LogP contribution is 2.12. The number of aromatic nitrogens is 2. The standard InChI is InChI=1S/C11H13N3O.ClH/c12-10-3-1-9(2-4-10)7-11(15)14-6-5-13-8-14;/h1-6,8,11,15H,7,12H2;1H. The van der Waals surface area contributed by atoms with E-state index < -0.39 is 6.23 Å². The minimum atomic E-state index is -0.573. The van der Waals surface area contributed by atoms with Gasteiger partial charge >= 0.3 is 0 Å². The number of hydrogen-bond acceptors (Lipinski definition) is 3. The predicted octanol–water partition coefficient (Wildman–Crippen LogP) is 1.62. The van der Waals surface area contributed by atoms with Gasteiger partial charge in [-0.25, -0.2) is 4.98 Å². The van der Waals surface area contributed by atoms with Crippen LogP contribution in [0.25, 0.3) is 0 Å². The van der Waals surface area contributed by atoms with Gasteiger partial charge in [0.2, 0.25) is 0 Å². The molecule has 3 N–H and O–H groups in total. The molecular weight excluding hydrogens is 226 g/mol. The van der Waals surface area contributed by atoms with Crippen molar-refractivity contribution in [1.82, 2.24) is 9.55 Å². The second-order valence-electron chi connectivity index (χ2n) is 3.44. The van der Waals surface area contributed by atoms with Crippen LogP contribution in [0.3, 0.4) is 0 Å². The molecule has 2 aromatic rings. The first-order valence-corrected chi connectivity index (χ1v) is 4.75. The first-order chi connectivity index (χ1) is 7.25. The first kappa shape index (κ1) is 12.5. The minimum absolute atomic E-state index is 0. The Morgan fingerprint density at radius 1 is 1.31 bits per heavy atom. The summed E-state index contributed by atoms with van der Waals surface area (Å²) >= 11 is 0. The Hall–Kier alpha value is -1.52. The number of aliphatic hydroxyl groups is 1. The van der Waals surface area contributed by atoms with Crippen LogP contribution in [-0.2, 0) is 6.42 Å². The normalized spacial score (nSPS) is 11.8. The molecule has 0 saturated carbocycles. The molecule has 1 unspecified atom stereocenters. The second-order valence-corrected chi connectivity index (χ2v) is 3.44. The monoisotopic (exact) mass is 239 g/mol. The number of nitrogens with two attached hydrogens (primary N) is 1. The molecule has 0 spiro atoms. The molecule has 1 heterocycles. The first-order valence-electron chi connectivity index (χ1n) is 4.75. The molecule has 1 aromatic carbocycles. The second kappa shape index (κ2) is 5.53. The van der Waals surface area contributed by atoms with E-state index in [0.717, 1.165) is 11.3 Å². The molecule has 1 atom stereocenters. The van der Waals surface area contributed by atoms with Gasteiger partial charge in [0.05, 0.1) is 6.33 Å². The lowest BCUT2D eigenvalue weighted by Gasteiger charge is -2.11. The van der Waals surface area contributed by atoms with Crippen LogP contribution in [0, 0.1) is 0 Å². The molecule has 16 heavy (non-hydrogen) atoms. The summed E-state index contributed by atoms with van der Waals surface area (Å²) in [5, 5.41) is 9.82. The summed E-state index contributed by atoms with van der Waals surface area (Å²) in [4.78, 5) is 3.88. The third-order valence-electron chi connectivity index (χ3n) is 2.27. The van der Waals surface area contributed by atoms with E-state index in [1.807, 2.05) is 24.3 Å². The molecule has 1 aromatic heterocycles. The van der Waals surface area contributed by atoms with Gasteiger partial charge in [-0.3, -0.25) is 0 Å². The Bertz CT molecular complexity index is 413. The smallest absolute Gasteiger partial charge is 0.135 e. The van der Waals surface area contributed by atoms with Gasteiger partial charge in [-0.05, 0) is 17.7 Å². The van der Waals surface area contributed by atoms with Gasteiger partial charge in [-0.15, -0.1) is 12.4 Å². The van der Waals surface area contributed by atoms with Crippen molar-refractivity contribution in [1.29, 1.82) is 0 Å². The van der Waals surface area contributed by atoms with Crippen molar-refractivity contribution >= 4 is 18.1 Å². The van der Waals surface area contributed by atoms with Crippen LogP contribution in [0.15, 0.2) is 43.0 Å². The third kappa shape index (κ3) is 2.98. The molecule has 0 fully saturated rings. The van der Waals surface area contributed by atoms with Gasteiger partial charge in [0.25, 0.3) is 0 Å². The van der Waals surface area contributed by atoms with E-state index in [-0.39, 0.29) is 12.4 Å². The molecule has 0 radical (unpaired) electrons. The van der Waals surface area contributed by atoms with Gasteiger partial charge in [0.1, 0.15) is 6.23 Å². The van der Waals surface area contributed by atoms with E-state index in [1.165, 1.54) is 0 Å². The Morgan fingerprint density at radius 3 is 2.56 bits per heavy atom. The lowest BCUT2D eigenvalue weighted by molar-refractivity contribution is 0.104. The molecule has 86 valence electrons. The van der Waals surface area contributed by atoms with Gasteiger partial charge in [-0.2, -0.15) is 0 Å². The van der Waals surface area contributed by atoms with Gasteiger partial charge in [-0.1, -0.05) is 12.1 Å². The highest BCUT2D eigenvalue weighted by molar-refractivity contribution is 5.85. The number of benzene rings is 1. The number of aliphatic hydroxyl groups excluding tert-OH is 1. The van der Waals surface area contributed by atoms with E-state index >= 15 is 0 Å². The molecule has 0 aliphatic heterocycles. The maximum absolute atomic E-state index is 9.82. The van der Waals surface area contributed by atoms with E-state index in [4.69, 9.17) is 5.73 Å². The molecule has 5 heteroatoms. The number of rotatable bonds is 3. The fourth-order valence-electron chi connectivity index (χ4n) is 1.42. The van der Waals surface area contributed by atoms with Crippen molar-refractivity contribution in [3.63, 3.8) is 0 Å². The van der Waals surface area contributed by atoms with Crippen molar-refractivity contribution < 1.29 is 5.11 Å². The summed E-state index contributed by atoms with van der Waals surface area (Å²) in [6.45, 7) is 0. The molecule has 2 rings (SSSR count). The van der Waals surface area contributed by atoms with E-state index in [1.54, 1.807) is 23.3 Å². The van der Waals surface area contributed by atoms with E-state index in [9.17, 15) is 5.11 Å². The van der Waals surface area contributed by atoms with Crippen molar-refractivity contribution in [2.45, 2.75) is 12.6 Å². The topological polar surface area (TPSA) is 64.1 Å².